The monoisotopic (exact) mass is 330 g/mol. The van der Waals surface area contributed by atoms with Crippen molar-refractivity contribution in [3.05, 3.63) is 41.3 Å². The molecule has 122 valence electrons. The van der Waals surface area contributed by atoms with Crippen LogP contribution in [0.1, 0.15) is 33.6 Å². The molecule has 1 heterocycles. The fourth-order valence-corrected chi connectivity index (χ4v) is 2.65. The number of benzene rings is 1. The van der Waals surface area contributed by atoms with Gasteiger partial charge in [0.05, 0.1) is 12.3 Å². The molecule has 0 aliphatic heterocycles. The number of anilines is 1. The van der Waals surface area contributed by atoms with Crippen LogP contribution in [0.5, 0.6) is 5.75 Å². The molecule has 4 nitrogen and oxygen atoms in total. The summed E-state index contributed by atoms with van der Waals surface area (Å²) in [5.41, 5.74) is 2.81. The first-order chi connectivity index (χ1) is 11.1. The minimum atomic E-state index is -0.148. The SMILES string of the molecule is CCCCOc1ccc(-c2csc(NC(=O)C=C(C)C)n2)cc1. The van der Waals surface area contributed by atoms with Crippen LogP contribution in [0.3, 0.4) is 0 Å². The maximum Gasteiger partial charge on any atom is 0.250 e. The lowest BCUT2D eigenvalue weighted by Crippen LogP contribution is -2.07. The van der Waals surface area contributed by atoms with Crippen LogP contribution in [-0.2, 0) is 4.79 Å². The smallest absolute Gasteiger partial charge is 0.250 e. The summed E-state index contributed by atoms with van der Waals surface area (Å²) in [6.45, 7) is 6.66. The van der Waals surface area contributed by atoms with Crippen LogP contribution in [0.25, 0.3) is 11.3 Å². The molecule has 23 heavy (non-hydrogen) atoms. The molecule has 1 aromatic carbocycles. The molecule has 0 radical (unpaired) electrons. The third-order valence-corrected chi connectivity index (χ3v) is 3.83. The van der Waals surface area contributed by atoms with Gasteiger partial charge >= 0.3 is 0 Å². The number of thiazole rings is 1. The van der Waals surface area contributed by atoms with Crippen molar-refractivity contribution in [1.82, 2.24) is 4.98 Å². The van der Waals surface area contributed by atoms with Crippen LogP contribution < -0.4 is 10.1 Å². The van der Waals surface area contributed by atoms with Crippen LogP contribution in [0.4, 0.5) is 5.13 Å². The molecule has 0 bridgehead atoms. The molecule has 0 saturated carbocycles. The molecule has 1 amide bonds. The second kappa shape index (κ2) is 8.48. The number of aromatic nitrogens is 1. The van der Waals surface area contributed by atoms with Crippen molar-refractivity contribution < 1.29 is 9.53 Å². The Kier molecular flexibility index (Phi) is 6.35. The third-order valence-electron chi connectivity index (χ3n) is 3.07. The summed E-state index contributed by atoms with van der Waals surface area (Å²) in [5.74, 6) is 0.722. The Labute approximate surface area is 141 Å². The van der Waals surface area contributed by atoms with Gasteiger partial charge in [-0.25, -0.2) is 4.98 Å². The molecule has 1 N–H and O–H groups in total. The minimum Gasteiger partial charge on any atom is -0.494 e. The average molecular weight is 330 g/mol. The Bertz CT molecular complexity index is 671. The van der Waals surface area contributed by atoms with E-state index in [2.05, 4.69) is 17.2 Å². The first kappa shape index (κ1) is 17.2. The van der Waals surface area contributed by atoms with Crippen molar-refractivity contribution in [3.8, 4) is 17.0 Å². The Morgan fingerprint density at radius 3 is 2.70 bits per heavy atom. The zero-order valence-corrected chi connectivity index (χ0v) is 14.6. The Morgan fingerprint density at radius 2 is 2.04 bits per heavy atom. The maximum absolute atomic E-state index is 11.7. The maximum atomic E-state index is 11.7. The van der Waals surface area contributed by atoms with E-state index in [-0.39, 0.29) is 5.91 Å². The summed E-state index contributed by atoms with van der Waals surface area (Å²) in [5, 5.41) is 5.31. The summed E-state index contributed by atoms with van der Waals surface area (Å²) in [7, 11) is 0. The molecular weight excluding hydrogens is 308 g/mol. The molecule has 0 unspecified atom stereocenters. The van der Waals surface area contributed by atoms with E-state index in [0.717, 1.165) is 42.0 Å². The lowest BCUT2D eigenvalue weighted by atomic mass is 10.2. The molecule has 2 rings (SSSR count). The van der Waals surface area contributed by atoms with Gasteiger partial charge < -0.3 is 4.74 Å². The fraction of sp³-hybridized carbons (Fsp3) is 0.333. The van der Waals surface area contributed by atoms with Gasteiger partial charge in [0, 0.05) is 17.0 Å². The Morgan fingerprint density at radius 1 is 1.30 bits per heavy atom. The quantitative estimate of drug-likeness (QED) is 0.580. The molecule has 0 aliphatic carbocycles. The van der Waals surface area contributed by atoms with Crippen molar-refractivity contribution >= 4 is 22.4 Å². The van der Waals surface area contributed by atoms with Crippen LogP contribution in [0, 0.1) is 0 Å². The predicted molar refractivity (Wildman–Crippen MR) is 96.0 cm³/mol. The van der Waals surface area contributed by atoms with E-state index < -0.39 is 0 Å². The zero-order valence-electron chi connectivity index (χ0n) is 13.8. The highest BCUT2D eigenvalue weighted by atomic mass is 32.1. The molecular formula is C18H22N2O2S. The first-order valence-corrected chi connectivity index (χ1v) is 8.61. The number of unbranched alkanes of at least 4 members (excludes halogenated alkanes) is 1. The lowest BCUT2D eigenvalue weighted by molar-refractivity contribution is -0.111. The standard InChI is InChI=1S/C18H22N2O2S/c1-4-5-10-22-15-8-6-14(7-9-15)16-12-23-18(19-16)20-17(21)11-13(2)3/h6-9,11-12H,4-5,10H2,1-3H3,(H,19,20,21). The highest BCUT2D eigenvalue weighted by Crippen LogP contribution is 2.26. The molecule has 0 fully saturated rings. The van der Waals surface area contributed by atoms with Gasteiger partial charge in [0.15, 0.2) is 5.13 Å². The fourth-order valence-electron chi connectivity index (χ4n) is 1.92. The highest BCUT2D eigenvalue weighted by Gasteiger charge is 2.07. The molecule has 2 aromatic rings. The topological polar surface area (TPSA) is 51.2 Å². The van der Waals surface area contributed by atoms with Gasteiger partial charge in [0.2, 0.25) is 5.91 Å². The molecule has 1 aromatic heterocycles. The van der Waals surface area contributed by atoms with Crippen LogP contribution in [-0.4, -0.2) is 17.5 Å². The summed E-state index contributed by atoms with van der Waals surface area (Å²) in [6, 6.07) is 7.87. The van der Waals surface area contributed by atoms with E-state index in [4.69, 9.17) is 4.74 Å². The van der Waals surface area contributed by atoms with Crippen molar-refractivity contribution in [2.45, 2.75) is 33.6 Å². The van der Waals surface area contributed by atoms with Gasteiger partial charge in [-0.3, -0.25) is 10.1 Å². The van der Waals surface area contributed by atoms with E-state index in [1.54, 1.807) is 6.08 Å². The number of hydrogen-bond donors (Lipinski definition) is 1. The number of carbonyl (C=O) groups is 1. The second-order valence-electron chi connectivity index (χ2n) is 5.48. The number of nitrogens with one attached hydrogen (secondary N) is 1. The summed E-state index contributed by atoms with van der Waals surface area (Å²) < 4.78 is 5.65. The summed E-state index contributed by atoms with van der Waals surface area (Å²) in [6.07, 6.45) is 3.74. The number of allylic oxidation sites excluding steroid dienone is 1. The molecule has 0 saturated heterocycles. The van der Waals surface area contributed by atoms with Crippen LogP contribution >= 0.6 is 11.3 Å². The van der Waals surface area contributed by atoms with Crippen LogP contribution in [0.2, 0.25) is 0 Å². The second-order valence-corrected chi connectivity index (χ2v) is 6.33. The van der Waals surface area contributed by atoms with Crippen molar-refractivity contribution in [3.63, 3.8) is 0 Å². The zero-order chi connectivity index (χ0) is 16.7. The number of amides is 1. The molecule has 0 atom stereocenters. The van der Waals surface area contributed by atoms with Crippen LogP contribution in [0.15, 0.2) is 41.3 Å². The number of ether oxygens (including phenoxy) is 1. The third kappa shape index (κ3) is 5.53. The number of rotatable bonds is 7. The predicted octanol–water partition coefficient (Wildman–Crippen LogP) is 4.89. The normalized spacial score (nSPS) is 10.2. The lowest BCUT2D eigenvalue weighted by Gasteiger charge is -2.05. The number of hydrogen-bond acceptors (Lipinski definition) is 4. The minimum absolute atomic E-state index is 0.148. The Hall–Kier alpha value is -2.14. The molecule has 5 heteroatoms. The van der Waals surface area contributed by atoms with Gasteiger partial charge in [-0.15, -0.1) is 11.3 Å². The van der Waals surface area contributed by atoms with Gasteiger partial charge in [0.25, 0.3) is 0 Å². The highest BCUT2D eigenvalue weighted by molar-refractivity contribution is 7.14. The van der Waals surface area contributed by atoms with Gasteiger partial charge in [0.1, 0.15) is 5.75 Å². The van der Waals surface area contributed by atoms with E-state index in [1.807, 2.05) is 43.5 Å². The van der Waals surface area contributed by atoms with Gasteiger partial charge in [-0.05, 0) is 44.5 Å². The molecule has 0 aliphatic rings. The summed E-state index contributed by atoms with van der Waals surface area (Å²) >= 11 is 1.42. The number of carbonyl (C=O) groups excluding carboxylic acids is 1. The van der Waals surface area contributed by atoms with E-state index in [9.17, 15) is 4.79 Å². The van der Waals surface area contributed by atoms with Crippen molar-refractivity contribution in [2.24, 2.45) is 0 Å². The van der Waals surface area contributed by atoms with Gasteiger partial charge in [-0.1, -0.05) is 18.9 Å². The number of nitrogens with zero attached hydrogens (tertiary/aromatic N) is 1. The van der Waals surface area contributed by atoms with Crippen molar-refractivity contribution in [1.29, 1.82) is 0 Å². The Balaban J connectivity index is 2.00. The van der Waals surface area contributed by atoms with E-state index in [1.165, 1.54) is 11.3 Å². The van der Waals surface area contributed by atoms with E-state index in [0.29, 0.717) is 5.13 Å². The summed E-state index contributed by atoms with van der Waals surface area (Å²) in [4.78, 5) is 16.2. The largest absolute Gasteiger partial charge is 0.494 e. The van der Waals surface area contributed by atoms with E-state index >= 15 is 0 Å². The first-order valence-electron chi connectivity index (χ1n) is 7.73. The van der Waals surface area contributed by atoms with Crippen molar-refractivity contribution in [2.75, 3.05) is 11.9 Å². The average Bonchev–Trinajstić information content (AvgIpc) is 2.95. The molecule has 0 spiro atoms. The van der Waals surface area contributed by atoms with Gasteiger partial charge in [-0.2, -0.15) is 0 Å².